The number of rotatable bonds is 4. The Morgan fingerprint density at radius 2 is 1.89 bits per heavy atom. The Kier molecular flexibility index (Phi) is 5.13. The molecule has 2 aromatic carbocycles. The molecule has 140 valence electrons. The number of carbonyl (C=O) groups is 1. The van der Waals surface area contributed by atoms with Gasteiger partial charge >= 0.3 is 5.97 Å². The Morgan fingerprint density at radius 3 is 2.59 bits per heavy atom. The number of aryl methyl sites for hydroxylation is 2. The molecule has 0 saturated heterocycles. The molecule has 1 heterocycles. The fourth-order valence-electron chi connectivity index (χ4n) is 2.88. The molecule has 5 nitrogen and oxygen atoms in total. The zero-order valence-electron chi connectivity index (χ0n) is 16.2. The summed E-state index contributed by atoms with van der Waals surface area (Å²) in [6.07, 6.45) is 1.57. The third kappa shape index (κ3) is 4.25. The van der Waals surface area contributed by atoms with E-state index in [2.05, 4.69) is 25.8 Å². The number of ether oxygens (including phenoxy) is 1. The Hall–Kier alpha value is -2.95. The van der Waals surface area contributed by atoms with Crippen molar-refractivity contribution < 1.29 is 9.53 Å². The highest BCUT2D eigenvalue weighted by molar-refractivity contribution is 5.77. The maximum absolute atomic E-state index is 12.5. The van der Waals surface area contributed by atoms with Crippen molar-refractivity contribution in [3.63, 3.8) is 0 Å². The van der Waals surface area contributed by atoms with Gasteiger partial charge < -0.3 is 4.74 Å². The maximum atomic E-state index is 12.5. The Bertz CT molecular complexity index is 1050. The van der Waals surface area contributed by atoms with E-state index in [0.29, 0.717) is 16.7 Å². The van der Waals surface area contributed by atoms with Crippen molar-refractivity contribution in [2.45, 2.75) is 46.1 Å². The highest BCUT2D eigenvalue weighted by Gasteiger charge is 2.16. The molecule has 0 amide bonds. The molecule has 0 radical (unpaired) electrons. The first-order valence-electron chi connectivity index (χ1n) is 9.02. The van der Waals surface area contributed by atoms with E-state index in [1.54, 1.807) is 18.2 Å². The second-order valence-corrected chi connectivity index (χ2v) is 7.71. The van der Waals surface area contributed by atoms with Gasteiger partial charge in [0.2, 0.25) is 0 Å². The van der Waals surface area contributed by atoms with Crippen molar-refractivity contribution in [2.24, 2.45) is 0 Å². The molecule has 0 saturated carbocycles. The first kappa shape index (κ1) is 18.8. The van der Waals surface area contributed by atoms with Crippen LogP contribution in [0.25, 0.3) is 10.9 Å². The van der Waals surface area contributed by atoms with E-state index in [1.165, 1.54) is 16.5 Å². The highest BCUT2D eigenvalue weighted by atomic mass is 16.5. The third-order valence-electron chi connectivity index (χ3n) is 4.55. The Balaban J connectivity index is 1.69. The molecule has 0 aliphatic heterocycles. The predicted molar refractivity (Wildman–Crippen MR) is 106 cm³/mol. The fourth-order valence-corrected chi connectivity index (χ4v) is 2.88. The molecular formula is C22H24N2O3. The number of hydrogen-bond acceptors (Lipinski definition) is 4. The lowest BCUT2D eigenvalue weighted by Gasteiger charge is -2.20. The normalized spacial score (nSPS) is 11.6. The first-order valence-corrected chi connectivity index (χ1v) is 9.02. The number of aromatic nitrogens is 2. The molecule has 0 spiro atoms. The van der Waals surface area contributed by atoms with Gasteiger partial charge in [0.25, 0.3) is 5.56 Å². The summed E-state index contributed by atoms with van der Waals surface area (Å²) < 4.78 is 6.93. The van der Waals surface area contributed by atoms with E-state index in [0.717, 1.165) is 5.56 Å². The lowest BCUT2D eigenvalue weighted by atomic mass is 9.86. The zero-order valence-corrected chi connectivity index (χ0v) is 16.2. The van der Waals surface area contributed by atoms with Gasteiger partial charge in [-0.15, -0.1) is 0 Å². The van der Waals surface area contributed by atoms with Gasteiger partial charge in [0.05, 0.1) is 23.7 Å². The van der Waals surface area contributed by atoms with E-state index in [1.807, 2.05) is 31.2 Å². The molecule has 0 bridgehead atoms. The topological polar surface area (TPSA) is 61.2 Å². The van der Waals surface area contributed by atoms with Crippen LogP contribution in [-0.4, -0.2) is 15.5 Å². The van der Waals surface area contributed by atoms with Gasteiger partial charge in [-0.05, 0) is 41.7 Å². The molecule has 0 N–H and O–H groups in total. The second kappa shape index (κ2) is 7.35. The molecule has 3 aromatic rings. The van der Waals surface area contributed by atoms with Gasteiger partial charge in [0, 0.05) is 6.54 Å². The molecule has 0 aliphatic carbocycles. The average molecular weight is 364 g/mol. The molecule has 5 heteroatoms. The van der Waals surface area contributed by atoms with Crippen LogP contribution in [-0.2, 0) is 16.8 Å². The highest BCUT2D eigenvalue weighted by Crippen LogP contribution is 2.27. The van der Waals surface area contributed by atoms with Crippen molar-refractivity contribution in [3.05, 3.63) is 70.3 Å². The van der Waals surface area contributed by atoms with Crippen LogP contribution in [0.1, 0.15) is 38.3 Å². The van der Waals surface area contributed by atoms with Crippen molar-refractivity contribution >= 4 is 16.9 Å². The number of carbonyl (C=O) groups excluding carboxylic acids is 1. The quantitative estimate of drug-likeness (QED) is 0.519. The summed E-state index contributed by atoms with van der Waals surface area (Å²) in [6, 6.07) is 13.0. The summed E-state index contributed by atoms with van der Waals surface area (Å²) in [6.45, 7) is 8.58. The van der Waals surface area contributed by atoms with Gasteiger partial charge in [0.1, 0.15) is 5.75 Å². The van der Waals surface area contributed by atoms with E-state index >= 15 is 0 Å². The minimum Gasteiger partial charge on any atom is -0.426 e. The number of esters is 1. The van der Waals surface area contributed by atoms with E-state index in [4.69, 9.17) is 4.74 Å². The number of benzene rings is 2. The summed E-state index contributed by atoms with van der Waals surface area (Å²) in [7, 11) is 0. The van der Waals surface area contributed by atoms with Crippen molar-refractivity contribution in [3.8, 4) is 5.75 Å². The standard InChI is InChI=1S/C22H24N2O3/c1-15-13-16(22(2,3)4)9-10-19(15)27-20(25)11-12-24-14-23-18-8-6-5-7-17(18)21(24)26/h5-10,13-14H,11-12H2,1-4H3. The van der Waals surface area contributed by atoms with Crippen LogP contribution < -0.4 is 10.3 Å². The number of fused-ring (bicyclic) bond motifs is 1. The van der Waals surface area contributed by atoms with Crippen molar-refractivity contribution in [2.75, 3.05) is 0 Å². The summed E-state index contributed by atoms with van der Waals surface area (Å²) in [4.78, 5) is 29.0. The SMILES string of the molecule is Cc1cc(C(C)(C)C)ccc1OC(=O)CCn1cnc2ccccc2c1=O. The molecule has 0 fully saturated rings. The monoisotopic (exact) mass is 364 g/mol. The molecule has 1 aromatic heterocycles. The summed E-state index contributed by atoms with van der Waals surface area (Å²) in [5.41, 5.74) is 2.64. The summed E-state index contributed by atoms with van der Waals surface area (Å²) in [5.74, 6) is 0.179. The molecule has 0 aliphatic rings. The van der Waals surface area contributed by atoms with Gasteiger partial charge in [-0.2, -0.15) is 0 Å². The third-order valence-corrected chi connectivity index (χ3v) is 4.55. The lowest BCUT2D eigenvalue weighted by Crippen LogP contribution is -2.23. The zero-order chi connectivity index (χ0) is 19.6. The second-order valence-electron chi connectivity index (χ2n) is 7.71. The van der Waals surface area contributed by atoms with Crippen LogP contribution in [0, 0.1) is 6.92 Å². The van der Waals surface area contributed by atoms with Crippen LogP contribution in [0.3, 0.4) is 0 Å². The van der Waals surface area contributed by atoms with Gasteiger partial charge in [-0.3, -0.25) is 14.2 Å². The fraction of sp³-hybridized carbons (Fsp3) is 0.318. The van der Waals surface area contributed by atoms with Crippen molar-refractivity contribution in [1.82, 2.24) is 9.55 Å². The summed E-state index contributed by atoms with van der Waals surface area (Å²) in [5, 5.41) is 0.544. The van der Waals surface area contributed by atoms with Crippen LogP contribution >= 0.6 is 0 Å². The van der Waals surface area contributed by atoms with Crippen LogP contribution in [0.2, 0.25) is 0 Å². The van der Waals surface area contributed by atoms with E-state index in [9.17, 15) is 9.59 Å². The van der Waals surface area contributed by atoms with Gasteiger partial charge in [-0.1, -0.05) is 45.0 Å². The summed E-state index contributed by atoms with van der Waals surface area (Å²) >= 11 is 0. The number of para-hydroxylation sites is 1. The predicted octanol–water partition coefficient (Wildman–Crippen LogP) is 4.00. The van der Waals surface area contributed by atoms with Crippen LogP contribution in [0.15, 0.2) is 53.6 Å². The van der Waals surface area contributed by atoms with Gasteiger partial charge in [-0.25, -0.2) is 4.98 Å². The first-order chi connectivity index (χ1) is 12.8. The number of nitrogens with zero attached hydrogens (tertiary/aromatic N) is 2. The molecule has 27 heavy (non-hydrogen) atoms. The number of hydrogen-bond donors (Lipinski definition) is 0. The molecule has 0 unspecified atom stereocenters. The minimum atomic E-state index is -0.373. The average Bonchev–Trinajstić information content (AvgIpc) is 2.62. The van der Waals surface area contributed by atoms with Gasteiger partial charge in [0.15, 0.2) is 0 Å². The molecule has 3 rings (SSSR count). The van der Waals surface area contributed by atoms with E-state index in [-0.39, 0.29) is 29.9 Å². The minimum absolute atomic E-state index is 0.0392. The largest absolute Gasteiger partial charge is 0.426 e. The maximum Gasteiger partial charge on any atom is 0.313 e. The van der Waals surface area contributed by atoms with Crippen LogP contribution in [0.5, 0.6) is 5.75 Å². The smallest absolute Gasteiger partial charge is 0.313 e. The molecular weight excluding hydrogens is 340 g/mol. The van der Waals surface area contributed by atoms with Crippen molar-refractivity contribution in [1.29, 1.82) is 0 Å². The Labute approximate surface area is 158 Å². The van der Waals surface area contributed by atoms with Crippen LogP contribution in [0.4, 0.5) is 0 Å². The lowest BCUT2D eigenvalue weighted by molar-refractivity contribution is -0.134. The molecule has 0 atom stereocenters. The van der Waals surface area contributed by atoms with E-state index < -0.39 is 0 Å². The Morgan fingerprint density at radius 1 is 1.15 bits per heavy atom.